The lowest BCUT2D eigenvalue weighted by Crippen LogP contribution is -2.52. The number of hydrogen-bond acceptors (Lipinski definition) is 5. The molecule has 1 aromatic rings. The zero-order chi connectivity index (χ0) is 19.0. The summed E-state index contributed by atoms with van der Waals surface area (Å²) in [6.07, 6.45) is 1.73. The average Bonchev–Trinajstić information content (AvgIpc) is 2.57. The van der Waals surface area contributed by atoms with Crippen LogP contribution in [0.1, 0.15) is 39.2 Å². The molecule has 1 amide bonds. The van der Waals surface area contributed by atoms with Crippen molar-refractivity contribution in [3.63, 3.8) is 0 Å². The standard InChI is InChI=1S/C19H32N2O4/c1-13(2)11-19(3,12-20)21-16(22)10-8-14-7-9-15(23-4)18(25-6)17(14)24-5/h7,9,13H,8,10-12,20H2,1-6H3,(H,21,22). The summed E-state index contributed by atoms with van der Waals surface area (Å²) in [7, 11) is 4.72. The minimum Gasteiger partial charge on any atom is -0.493 e. The van der Waals surface area contributed by atoms with Gasteiger partial charge < -0.3 is 25.3 Å². The van der Waals surface area contributed by atoms with Gasteiger partial charge in [0.2, 0.25) is 11.7 Å². The number of amides is 1. The van der Waals surface area contributed by atoms with E-state index in [4.69, 9.17) is 19.9 Å². The fraction of sp³-hybridized carbons (Fsp3) is 0.632. The predicted molar refractivity (Wildman–Crippen MR) is 99.5 cm³/mol. The summed E-state index contributed by atoms with van der Waals surface area (Å²) >= 11 is 0. The van der Waals surface area contributed by atoms with Gasteiger partial charge in [-0.2, -0.15) is 0 Å². The van der Waals surface area contributed by atoms with Gasteiger partial charge in [0, 0.05) is 18.5 Å². The molecule has 0 spiro atoms. The van der Waals surface area contributed by atoms with Gasteiger partial charge in [0.05, 0.1) is 21.3 Å². The van der Waals surface area contributed by atoms with E-state index in [1.807, 2.05) is 19.1 Å². The number of nitrogens with one attached hydrogen (secondary N) is 1. The van der Waals surface area contributed by atoms with Crippen LogP contribution in [0, 0.1) is 5.92 Å². The number of benzene rings is 1. The Kier molecular flexibility index (Phi) is 8.03. The molecule has 142 valence electrons. The average molecular weight is 352 g/mol. The summed E-state index contributed by atoms with van der Waals surface area (Å²) < 4.78 is 16.1. The van der Waals surface area contributed by atoms with Gasteiger partial charge in [-0.15, -0.1) is 0 Å². The van der Waals surface area contributed by atoms with Crippen molar-refractivity contribution in [1.82, 2.24) is 5.32 Å². The molecule has 1 rings (SSSR count). The van der Waals surface area contributed by atoms with Gasteiger partial charge in [-0.1, -0.05) is 19.9 Å². The van der Waals surface area contributed by atoms with Gasteiger partial charge in [-0.25, -0.2) is 0 Å². The Hall–Kier alpha value is -1.95. The van der Waals surface area contributed by atoms with Gasteiger partial charge in [0.1, 0.15) is 0 Å². The smallest absolute Gasteiger partial charge is 0.220 e. The SMILES string of the molecule is COc1ccc(CCC(=O)NC(C)(CN)CC(C)C)c(OC)c1OC. The van der Waals surface area contributed by atoms with Crippen molar-refractivity contribution in [3.8, 4) is 17.2 Å². The zero-order valence-corrected chi connectivity index (χ0v) is 16.3. The van der Waals surface area contributed by atoms with Crippen molar-refractivity contribution < 1.29 is 19.0 Å². The summed E-state index contributed by atoms with van der Waals surface area (Å²) in [5.74, 6) is 2.17. The van der Waals surface area contributed by atoms with Crippen LogP contribution >= 0.6 is 0 Å². The minimum atomic E-state index is -0.382. The molecule has 0 radical (unpaired) electrons. The third kappa shape index (κ3) is 5.81. The number of carbonyl (C=O) groups is 1. The minimum absolute atomic E-state index is 0.0227. The summed E-state index contributed by atoms with van der Waals surface area (Å²) in [6, 6.07) is 3.71. The molecule has 0 saturated heterocycles. The number of rotatable bonds is 10. The summed E-state index contributed by atoms with van der Waals surface area (Å²) in [5.41, 5.74) is 6.38. The van der Waals surface area contributed by atoms with Crippen LogP contribution in [0.25, 0.3) is 0 Å². The maximum atomic E-state index is 12.4. The topological polar surface area (TPSA) is 82.8 Å². The molecule has 1 atom stereocenters. The number of ether oxygens (including phenoxy) is 3. The summed E-state index contributed by atoms with van der Waals surface area (Å²) in [6.45, 7) is 6.64. The molecule has 1 unspecified atom stereocenters. The van der Waals surface area contributed by atoms with E-state index in [0.29, 0.717) is 42.6 Å². The molecule has 0 bridgehead atoms. The molecular weight excluding hydrogens is 320 g/mol. The molecule has 0 aliphatic carbocycles. The second kappa shape index (κ2) is 9.51. The molecule has 6 nitrogen and oxygen atoms in total. The van der Waals surface area contributed by atoms with Crippen LogP contribution in [0.15, 0.2) is 12.1 Å². The largest absolute Gasteiger partial charge is 0.493 e. The molecule has 0 aliphatic rings. The quantitative estimate of drug-likeness (QED) is 0.676. The van der Waals surface area contributed by atoms with E-state index < -0.39 is 0 Å². The normalized spacial score (nSPS) is 13.3. The van der Waals surface area contributed by atoms with Gasteiger partial charge in [0.15, 0.2) is 11.5 Å². The third-order valence-electron chi connectivity index (χ3n) is 4.16. The van der Waals surface area contributed by atoms with Crippen LogP contribution in [-0.2, 0) is 11.2 Å². The molecule has 0 aromatic heterocycles. The lowest BCUT2D eigenvalue weighted by Gasteiger charge is -2.31. The van der Waals surface area contributed by atoms with Crippen molar-refractivity contribution in [2.24, 2.45) is 11.7 Å². The Bertz CT molecular complexity index is 575. The Morgan fingerprint density at radius 3 is 2.28 bits per heavy atom. The molecule has 0 saturated carbocycles. The highest BCUT2D eigenvalue weighted by molar-refractivity contribution is 5.77. The maximum Gasteiger partial charge on any atom is 0.220 e. The number of nitrogens with two attached hydrogens (primary N) is 1. The molecule has 0 aliphatic heterocycles. The predicted octanol–water partition coefficient (Wildman–Crippen LogP) is 2.52. The lowest BCUT2D eigenvalue weighted by molar-refractivity contribution is -0.122. The van der Waals surface area contributed by atoms with E-state index in [0.717, 1.165) is 12.0 Å². The molecule has 3 N–H and O–H groups in total. The Morgan fingerprint density at radius 1 is 1.16 bits per heavy atom. The second-order valence-corrected chi connectivity index (χ2v) is 6.90. The van der Waals surface area contributed by atoms with Crippen molar-refractivity contribution in [1.29, 1.82) is 0 Å². The number of aryl methyl sites for hydroxylation is 1. The fourth-order valence-corrected chi connectivity index (χ4v) is 3.09. The number of hydrogen-bond donors (Lipinski definition) is 2. The number of methoxy groups -OCH3 is 3. The van der Waals surface area contributed by atoms with E-state index in [1.165, 1.54) is 0 Å². The van der Waals surface area contributed by atoms with Gasteiger partial charge >= 0.3 is 0 Å². The van der Waals surface area contributed by atoms with Crippen LogP contribution in [0.3, 0.4) is 0 Å². The van der Waals surface area contributed by atoms with Crippen LogP contribution in [0.2, 0.25) is 0 Å². The molecule has 1 aromatic carbocycles. The van der Waals surface area contributed by atoms with Crippen molar-refractivity contribution >= 4 is 5.91 Å². The first kappa shape index (κ1) is 21.1. The van der Waals surface area contributed by atoms with Gasteiger partial charge in [-0.05, 0) is 37.3 Å². The maximum absolute atomic E-state index is 12.4. The van der Waals surface area contributed by atoms with Crippen LogP contribution in [-0.4, -0.2) is 39.3 Å². The van der Waals surface area contributed by atoms with Crippen molar-refractivity contribution in [2.45, 2.75) is 45.6 Å². The molecule has 0 fully saturated rings. The lowest BCUT2D eigenvalue weighted by atomic mass is 9.90. The van der Waals surface area contributed by atoms with E-state index in [-0.39, 0.29) is 11.4 Å². The fourth-order valence-electron chi connectivity index (χ4n) is 3.09. The van der Waals surface area contributed by atoms with Crippen LogP contribution in [0.5, 0.6) is 17.2 Å². The van der Waals surface area contributed by atoms with Crippen LogP contribution in [0.4, 0.5) is 0 Å². The summed E-state index contributed by atoms with van der Waals surface area (Å²) in [5, 5.41) is 3.07. The highest BCUT2D eigenvalue weighted by Gasteiger charge is 2.26. The first-order valence-corrected chi connectivity index (χ1v) is 8.59. The third-order valence-corrected chi connectivity index (χ3v) is 4.16. The Morgan fingerprint density at radius 2 is 1.80 bits per heavy atom. The second-order valence-electron chi connectivity index (χ2n) is 6.90. The van der Waals surface area contributed by atoms with Gasteiger partial charge in [0.25, 0.3) is 0 Å². The van der Waals surface area contributed by atoms with E-state index in [9.17, 15) is 4.79 Å². The molecule has 0 heterocycles. The van der Waals surface area contributed by atoms with Crippen molar-refractivity contribution in [2.75, 3.05) is 27.9 Å². The number of carbonyl (C=O) groups excluding carboxylic acids is 1. The highest BCUT2D eigenvalue weighted by atomic mass is 16.5. The van der Waals surface area contributed by atoms with Crippen LogP contribution < -0.4 is 25.3 Å². The zero-order valence-electron chi connectivity index (χ0n) is 16.3. The first-order valence-electron chi connectivity index (χ1n) is 8.59. The molecular formula is C19H32N2O4. The Labute approximate surface area is 151 Å². The van der Waals surface area contributed by atoms with E-state index in [2.05, 4.69) is 19.2 Å². The van der Waals surface area contributed by atoms with E-state index >= 15 is 0 Å². The monoisotopic (exact) mass is 352 g/mol. The Balaban J connectivity index is 2.82. The van der Waals surface area contributed by atoms with Gasteiger partial charge in [-0.3, -0.25) is 4.79 Å². The molecule has 6 heteroatoms. The first-order chi connectivity index (χ1) is 11.8. The van der Waals surface area contributed by atoms with Crippen molar-refractivity contribution in [3.05, 3.63) is 17.7 Å². The highest BCUT2D eigenvalue weighted by Crippen LogP contribution is 2.40. The summed E-state index contributed by atoms with van der Waals surface area (Å²) in [4.78, 5) is 12.4. The van der Waals surface area contributed by atoms with E-state index in [1.54, 1.807) is 21.3 Å². The molecule has 25 heavy (non-hydrogen) atoms.